The van der Waals surface area contributed by atoms with Crippen molar-refractivity contribution in [3.05, 3.63) is 77.9 Å². The van der Waals surface area contributed by atoms with E-state index in [0.29, 0.717) is 6.61 Å². The molecule has 0 aromatic heterocycles. The lowest BCUT2D eigenvalue weighted by Crippen LogP contribution is -2.45. The fourth-order valence-electron chi connectivity index (χ4n) is 6.25. The average molecular weight is 745 g/mol. The molecule has 0 unspecified atom stereocenters. The molecule has 1 fully saturated rings. The zero-order valence-electron chi connectivity index (χ0n) is 33.3. The van der Waals surface area contributed by atoms with Crippen LogP contribution in [0.2, 0.25) is 36.3 Å². The standard InChI is InChI=1S/C41H68O6SSi2/c1-13-14-16-23-35(46-49(9,10)40(2,3)4)25-26-37-38(28-33-22-19-24-36(27-33)44-30-32-20-17-15-18-21-32)34(31-45-48(8,42)43)29-39(37)47-50(11,12)41(5,6)7/h15,17-22,24-27,34-35,37-39H,13-14,16,23,28-31H2,1-12H3/b26-25+/t34-,35+,37-,38+,39-/m1/s1. The van der Waals surface area contributed by atoms with Crippen LogP contribution in [0.4, 0.5) is 0 Å². The number of ether oxygens (including phenoxy) is 1. The van der Waals surface area contributed by atoms with Gasteiger partial charge in [-0.15, -0.1) is 0 Å². The summed E-state index contributed by atoms with van der Waals surface area (Å²) in [6, 6.07) is 18.5. The van der Waals surface area contributed by atoms with Gasteiger partial charge in [0.25, 0.3) is 10.1 Å². The summed E-state index contributed by atoms with van der Waals surface area (Å²) in [5.41, 5.74) is 2.28. The van der Waals surface area contributed by atoms with Gasteiger partial charge in [0.1, 0.15) is 12.4 Å². The van der Waals surface area contributed by atoms with Gasteiger partial charge in [0.05, 0.1) is 25.1 Å². The van der Waals surface area contributed by atoms with Crippen molar-refractivity contribution in [3.8, 4) is 5.75 Å². The Labute approximate surface area is 308 Å². The van der Waals surface area contributed by atoms with Gasteiger partial charge in [-0.25, -0.2) is 0 Å². The predicted molar refractivity (Wildman–Crippen MR) is 214 cm³/mol. The molecule has 5 atom stereocenters. The lowest BCUT2D eigenvalue weighted by Gasteiger charge is -2.40. The molecule has 1 saturated carbocycles. The highest BCUT2D eigenvalue weighted by molar-refractivity contribution is 7.85. The fraction of sp³-hybridized carbons (Fsp3) is 0.659. The molecule has 1 aliphatic carbocycles. The molecular weight excluding hydrogens is 677 g/mol. The smallest absolute Gasteiger partial charge is 0.264 e. The van der Waals surface area contributed by atoms with E-state index in [1.54, 1.807) is 0 Å². The Kier molecular flexibility index (Phi) is 15.2. The average Bonchev–Trinajstić information content (AvgIpc) is 3.31. The summed E-state index contributed by atoms with van der Waals surface area (Å²) in [7, 11) is -7.78. The maximum atomic E-state index is 12.3. The van der Waals surface area contributed by atoms with Crippen molar-refractivity contribution in [1.82, 2.24) is 0 Å². The zero-order chi connectivity index (χ0) is 37.4. The number of hydrogen-bond acceptors (Lipinski definition) is 6. The lowest BCUT2D eigenvalue weighted by molar-refractivity contribution is 0.147. The molecule has 0 N–H and O–H groups in total. The summed E-state index contributed by atoms with van der Waals surface area (Å²) in [6.07, 6.45) is 11.8. The molecular formula is C41H68O6SSi2. The van der Waals surface area contributed by atoms with Crippen molar-refractivity contribution in [2.45, 2.75) is 142 Å². The van der Waals surface area contributed by atoms with E-state index < -0.39 is 26.8 Å². The second-order valence-electron chi connectivity index (χ2n) is 17.6. The van der Waals surface area contributed by atoms with Crippen molar-refractivity contribution in [3.63, 3.8) is 0 Å². The number of rotatable bonds is 18. The van der Waals surface area contributed by atoms with Crippen LogP contribution in [0.25, 0.3) is 0 Å². The van der Waals surface area contributed by atoms with Gasteiger partial charge in [-0.1, -0.05) is 122 Å². The third-order valence-electron chi connectivity index (χ3n) is 11.3. The predicted octanol–water partition coefficient (Wildman–Crippen LogP) is 11.0. The molecule has 0 bridgehead atoms. The second kappa shape index (κ2) is 17.8. The SMILES string of the molecule is CCCCC[C@@H](/C=C/[C@@H]1[C@@H](Cc2cccc(OCc3ccccc3)c2)[C@@H](COS(C)(=O)=O)C[C@H]1O[Si](C)(C)C(C)(C)C)O[Si](C)(C)C(C)(C)C. The highest BCUT2D eigenvalue weighted by atomic mass is 32.2. The fourth-order valence-corrected chi connectivity index (χ4v) is 9.34. The Bertz CT molecular complexity index is 1460. The largest absolute Gasteiger partial charge is 0.489 e. The van der Waals surface area contributed by atoms with Gasteiger partial charge < -0.3 is 13.6 Å². The number of unbranched alkanes of at least 4 members (excludes halogenated alkanes) is 2. The molecule has 0 heterocycles. The Balaban J connectivity index is 2.02. The topological polar surface area (TPSA) is 71.1 Å². The van der Waals surface area contributed by atoms with Crippen LogP contribution in [0.15, 0.2) is 66.7 Å². The Hall–Kier alpha value is -1.76. The van der Waals surface area contributed by atoms with Crippen LogP contribution in [0.5, 0.6) is 5.75 Å². The molecule has 0 radical (unpaired) electrons. The first-order chi connectivity index (χ1) is 23.1. The van der Waals surface area contributed by atoms with Gasteiger partial charge in [0.15, 0.2) is 16.6 Å². The summed E-state index contributed by atoms with van der Waals surface area (Å²) in [4.78, 5) is 0. The summed E-state index contributed by atoms with van der Waals surface area (Å²) in [5.74, 6) is 1.01. The van der Waals surface area contributed by atoms with Gasteiger partial charge >= 0.3 is 0 Å². The molecule has 6 nitrogen and oxygen atoms in total. The summed E-state index contributed by atoms with van der Waals surface area (Å²) in [6.45, 7) is 25.9. The summed E-state index contributed by atoms with van der Waals surface area (Å²) in [5, 5.41) is 0.145. The van der Waals surface area contributed by atoms with E-state index >= 15 is 0 Å². The highest BCUT2D eigenvalue weighted by Gasteiger charge is 2.48. The summed E-state index contributed by atoms with van der Waals surface area (Å²) >= 11 is 0. The number of hydrogen-bond donors (Lipinski definition) is 0. The normalized spacial score (nSPS) is 21.5. The van der Waals surface area contributed by atoms with E-state index in [0.717, 1.165) is 48.8 Å². The first-order valence-corrected chi connectivity index (χ1v) is 26.4. The maximum Gasteiger partial charge on any atom is 0.264 e. The molecule has 1 aliphatic rings. The molecule has 0 spiro atoms. The monoisotopic (exact) mass is 744 g/mol. The van der Waals surface area contributed by atoms with E-state index in [1.807, 2.05) is 24.3 Å². The first kappa shape index (κ1) is 42.7. The molecule has 3 rings (SSSR count). The van der Waals surface area contributed by atoms with Gasteiger partial charge in [-0.05, 0) is 90.6 Å². The first-order valence-electron chi connectivity index (χ1n) is 18.8. The molecule has 50 heavy (non-hydrogen) atoms. The summed E-state index contributed by atoms with van der Waals surface area (Å²) < 4.78 is 50.6. The third-order valence-corrected chi connectivity index (χ3v) is 20.9. The van der Waals surface area contributed by atoms with Crippen molar-refractivity contribution < 1.29 is 26.2 Å². The molecule has 0 amide bonds. The van der Waals surface area contributed by atoms with Crippen LogP contribution in [-0.4, -0.2) is 50.1 Å². The quantitative estimate of drug-likeness (QED) is 0.0655. The second-order valence-corrected chi connectivity index (χ2v) is 28.7. The van der Waals surface area contributed by atoms with E-state index in [2.05, 4.69) is 117 Å². The van der Waals surface area contributed by atoms with Gasteiger partial charge in [0.2, 0.25) is 0 Å². The maximum absolute atomic E-state index is 12.3. The van der Waals surface area contributed by atoms with E-state index in [9.17, 15) is 8.42 Å². The van der Waals surface area contributed by atoms with Gasteiger partial charge in [-0.3, -0.25) is 4.18 Å². The highest BCUT2D eigenvalue weighted by Crippen LogP contribution is 2.47. The minimum Gasteiger partial charge on any atom is -0.489 e. The minimum atomic E-state index is -3.60. The lowest BCUT2D eigenvalue weighted by atomic mass is 9.83. The van der Waals surface area contributed by atoms with Crippen LogP contribution in [0, 0.1) is 17.8 Å². The van der Waals surface area contributed by atoms with Crippen molar-refractivity contribution in [2.75, 3.05) is 12.9 Å². The Morgan fingerprint density at radius 2 is 1.52 bits per heavy atom. The number of benzene rings is 2. The Morgan fingerprint density at radius 3 is 2.12 bits per heavy atom. The van der Waals surface area contributed by atoms with Crippen molar-refractivity contribution >= 4 is 26.8 Å². The molecule has 2 aromatic rings. The molecule has 9 heteroatoms. The molecule has 282 valence electrons. The molecule has 0 saturated heterocycles. The zero-order valence-corrected chi connectivity index (χ0v) is 36.1. The van der Waals surface area contributed by atoms with Gasteiger partial charge in [0, 0.05) is 5.92 Å². The minimum absolute atomic E-state index is 0.00267. The van der Waals surface area contributed by atoms with E-state index in [4.69, 9.17) is 17.8 Å². The van der Waals surface area contributed by atoms with Crippen molar-refractivity contribution in [1.29, 1.82) is 0 Å². The third kappa shape index (κ3) is 13.0. The van der Waals surface area contributed by atoms with Crippen LogP contribution < -0.4 is 4.74 Å². The molecule has 2 aromatic carbocycles. The van der Waals surface area contributed by atoms with Crippen LogP contribution in [-0.2, 0) is 36.2 Å². The Morgan fingerprint density at radius 1 is 0.880 bits per heavy atom. The van der Waals surface area contributed by atoms with Gasteiger partial charge in [-0.2, -0.15) is 8.42 Å². The van der Waals surface area contributed by atoms with Crippen LogP contribution in [0.3, 0.4) is 0 Å². The molecule has 0 aliphatic heterocycles. The van der Waals surface area contributed by atoms with Crippen LogP contribution >= 0.6 is 0 Å². The van der Waals surface area contributed by atoms with Crippen molar-refractivity contribution in [2.24, 2.45) is 17.8 Å². The van der Waals surface area contributed by atoms with E-state index in [-0.39, 0.29) is 46.6 Å². The van der Waals surface area contributed by atoms with Crippen LogP contribution in [0.1, 0.15) is 91.7 Å². The van der Waals surface area contributed by atoms with E-state index in [1.165, 1.54) is 12.8 Å².